The van der Waals surface area contributed by atoms with Crippen molar-refractivity contribution in [1.82, 2.24) is 14.8 Å². The molecule has 26 heavy (non-hydrogen) atoms. The SMILES string of the molecule is O=C(Cc1ccccn1)N1CC[C@@]2(CCC[C@@H]2C(=O)N2CC(F)(F)C2)C1. The molecule has 1 aromatic heterocycles. The van der Waals surface area contributed by atoms with Crippen molar-refractivity contribution in [3.63, 3.8) is 0 Å². The summed E-state index contributed by atoms with van der Waals surface area (Å²) in [6.07, 6.45) is 5.26. The topological polar surface area (TPSA) is 53.5 Å². The summed E-state index contributed by atoms with van der Waals surface area (Å²) in [5.41, 5.74) is 0.502. The second-order valence-corrected chi connectivity index (χ2v) is 7.92. The van der Waals surface area contributed by atoms with Crippen molar-refractivity contribution in [2.45, 2.75) is 38.0 Å². The van der Waals surface area contributed by atoms with E-state index in [0.717, 1.165) is 31.4 Å². The first-order chi connectivity index (χ1) is 12.4. The smallest absolute Gasteiger partial charge is 0.282 e. The summed E-state index contributed by atoms with van der Waals surface area (Å²) in [4.78, 5) is 32.6. The van der Waals surface area contributed by atoms with E-state index < -0.39 is 19.0 Å². The second-order valence-electron chi connectivity index (χ2n) is 7.92. The summed E-state index contributed by atoms with van der Waals surface area (Å²) < 4.78 is 26.3. The third-order valence-electron chi connectivity index (χ3n) is 6.16. The van der Waals surface area contributed by atoms with Gasteiger partial charge in [0.05, 0.1) is 19.5 Å². The molecule has 1 saturated carbocycles. The Balaban J connectivity index is 1.41. The van der Waals surface area contributed by atoms with Crippen molar-refractivity contribution >= 4 is 11.8 Å². The Hall–Kier alpha value is -2.05. The quantitative estimate of drug-likeness (QED) is 0.827. The zero-order valence-corrected chi connectivity index (χ0v) is 14.7. The molecule has 2 saturated heterocycles. The van der Waals surface area contributed by atoms with Crippen LogP contribution in [-0.2, 0) is 16.0 Å². The van der Waals surface area contributed by atoms with Gasteiger partial charge in [-0.3, -0.25) is 14.6 Å². The highest BCUT2D eigenvalue weighted by Gasteiger charge is 2.55. The van der Waals surface area contributed by atoms with Gasteiger partial charge < -0.3 is 9.80 Å². The van der Waals surface area contributed by atoms with E-state index in [2.05, 4.69) is 4.98 Å². The molecule has 0 aromatic carbocycles. The fourth-order valence-electron chi connectivity index (χ4n) is 4.78. The molecule has 0 bridgehead atoms. The number of rotatable bonds is 3. The Morgan fingerprint density at radius 1 is 1.15 bits per heavy atom. The van der Waals surface area contributed by atoms with Crippen LogP contribution in [0.15, 0.2) is 24.4 Å². The molecule has 5 nitrogen and oxygen atoms in total. The zero-order chi connectivity index (χ0) is 18.4. The first kappa shape index (κ1) is 17.4. The Morgan fingerprint density at radius 2 is 1.96 bits per heavy atom. The molecule has 2 atom stereocenters. The number of aromatic nitrogens is 1. The highest BCUT2D eigenvalue weighted by molar-refractivity contribution is 5.82. The molecule has 140 valence electrons. The minimum Gasteiger partial charge on any atom is -0.342 e. The van der Waals surface area contributed by atoms with Gasteiger partial charge in [0.15, 0.2) is 0 Å². The van der Waals surface area contributed by atoms with E-state index in [0.29, 0.717) is 13.1 Å². The van der Waals surface area contributed by atoms with E-state index in [-0.39, 0.29) is 29.6 Å². The van der Waals surface area contributed by atoms with Crippen LogP contribution in [0.1, 0.15) is 31.4 Å². The van der Waals surface area contributed by atoms with Crippen LogP contribution in [0.5, 0.6) is 0 Å². The third-order valence-corrected chi connectivity index (χ3v) is 6.16. The van der Waals surface area contributed by atoms with Crippen molar-refractivity contribution in [3.05, 3.63) is 30.1 Å². The number of amides is 2. The molecule has 3 heterocycles. The molecule has 2 amide bonds. The van der Waals surface area contributed by atoms with E-state index in [9.17, 15) is 18.4 Å². The van der Waals surface area contributed by atoms with Crippen LogP contribution in [0.3, 0.4) is 0 Å². The molecule has 3 aliphatic rings. The average molecular weight is 363 g/mol. The van der Waals surface area contributed by atoms with E-state index in [4.69, 9.17) is 0 Å². The minimum absolute atomic E-state index is 0.0224. The maximum atomic E-state index is 13.1. The number of pyridine rings is 1. The van der Waals surface area contributed by atoms with E-state index >= 15 is 0 Å². The molecule has 3 fully saturated rings. The average Bonchev–Trinajstić information content (AvgIpc) is 3.20. The van der Waals surface area contributed by atoms with Crippen LogP contribution >= 0.6 is 0 Å². The van der Waals surface area contributed by atoms with Gasteiger partial charge in [-0.1, -0.05) is 12.5 Å². The minimum atomic E-state index is -2.73. The molecule has 1 aromatic rings. The number of halogens is 2. The summed E-state index contributed by atoms with van der Waals surface area (Å²) in [5, 5.41) is 0. The summed E-state index contributed by atoms with van der Waals surface area (Å²) in [5.74, 6) is -3.09. The number of hydrogen-bond donors (Lipinski definition) is 0. The first-order valence-electron chi connectivity index (χ1n) is 9.23. The van der Waals surface area contributed by atoms with E-state index in [1.165, 1.54) is 4.90 Å². The number of likely N-dealkylation sites (tertiary alicyclic amines) is 2. The number of carbonyl (C=O) groups is 2. The Kier molecular flexibility index (Phi) is 4.20. The summed E-state index contributed by atoms with van der Waals surface area (Å²) >= 11 is 0. The van der Waals surface area contributed by atoms with Crippen LogP contribution in [0.2, 0.25) is 0 Å². The van der Waals surface area contributed by atoms with E-state index in [1.54, 1.807) is 6.20 Å². The number of alkyl halides is 2. The van der Waals surface area contributed by atoms with Crippen LogP contribution in [-0.4, -0.2) is 58.7 Å². The van der Waals surface area contributed by atoms with Crippen LogP contribution in [0.25, 0.3) is 0 Å². The molecule has 0 radical (unpaired) electrons. The number of carbonyl (C=O) groups excluding carboxylic acids is 2. The Labute approximate surface area is 151 Å². The van der Waals surface area contributed by atoms with Gasteiger partial charge in [-0.25, -0.2) is 8.78 Å². The second kappa shape index (κ2) is 6.28. The van der Waals surface area contributed by atoms with Crippen molar-refractivity contribution in [3.8, 4) is 0 Å². The maximum Gasteiger partial charge on any atom is 0.282 e. The lowest BCUT2D eigenvalue weighted by molar-refractivity contribution is -0.172. The van der Waals surface area contributed by atoms with Gasteiger partial charge in [0, 0.05) is 36.3 Å². The summed E-state index contributed by atoms with van der Waals surface area (Å²) in [6, 6.07) is 5.50. The van der Waals surface area contributed by atoms with Crippen molar-refractivity contribution in [2.24, 2.45) is 11.3 Å². The maximum absolute atomic E-state index is 13.1. The van der Waals surface area contributed by atoms with E-state index in [1.807, 2.05) is 23.1 Å². The molecule has 2 aliphatic heterocycles. The fraction of sp³-hybridized carbons (Fsp3) is 0.632. The van der Waals surface area contributed by atoms with Gasteiger partial charge in [0.2, 0.25) is 11.8 Å². The van der Waals surface area contributed by atoms with Gasteiger partial charge in [0.25, 0.3) is 5.92 Å². The molecular formula is C19H23F2N3O2. The monoisotopic (exact) mass is 363 g/mol. The van der Waals surface area contributed by atoms with Gasteiger partial charge in [-0.05, 0) is 31.4 Å². The normalized spacial score (nSPS) is 29.8. The highest BCUT2D eigenvalue weighted by atomic mass is 19.3. The molecule has 1 aliphatic carbocycles. The molecule has 7 heteroatoms. The van der Waals surface area contributed by atoms with Crippen molar-refractivity contribution in [1.29, 1.82) is 0 Å². The molecule has 4 rings (SSSR count). The lowest BCUT2D eigenvalue weighted by Gasteiger charge is -2.42. The number of nitrogens with zero attached hydrogens (tertiary/aromatic N) is 3. The van der Waals surface area contributed by atoms with Gasteiger partial charge in [-0.2, -0.15) is 0 Å². The molecule has 1 spiro atoms. The predicted molar refractivity (Wildman–Crippen MR) is 90.4 cm³/mol. The van der Waals surface area contributed by atoms with Crippen molar-refractivity contribution < 1.29 is 18.4 Å². The first-order valence-corrected chi connectivity index (χ1v) is 9.23. The standard InChI is InChI=1S/C19H23F2N3O2/c20-19(21)12-24(13-19)17(26)15-5-3-6-18(15)7-9-23(11-18)16(25)10-14-4-1-2-8-22-14/h1-2,4,8,15H,3,5-7,9-13H2/t15-,18+/m1/s1. The summed E-state index contributed by atoms with van der Waals surface area (Å²) in [7, 11) is 0. The van der Waals surface area contributed by atoms with Crippen LogP contribution in [0.4, 0.5) is 8.78 Å². The molecular weight excluding hydrogens is 340 g/mol. The summed E-state index contributed by atoms with van der Waals surface area (Å²) in [6.45, 7) is 0.270. The van der Waals surface area contributed by atoms with Gasteiger partial charge in [-0.15, -0.1) is 0 Å². The van der Waals surface area contributed by atoms with Gasteiger partial charge in [0.1, 0.15) is 0 Å². The lowest BCUT2D eigenvalue weighted by atomic mass is 9.76. The third kappa shape index (κ3) is 3.08. The Bertz CT molecular complexity index is 704. The Morgan fingerprint density at radius 3 is 2.65 bits per heavy atom. The molecule has 0 N–H and O–H groups in total. The van der Waals surface area contributed by atoms with Crippen LogP contribution < -0.4 is 0 Å². The number of hydrogen-bond acceptors (Lipinski definition) is 3. The fourth-order valence-corrected chi connectivity index (χ4v) is 4.78. The highest BCUT2D eigenvalue weighted by Crippen LogP contribution is 2.51. The van der Waals surface area contributed by atoms with Crippen LogP contribution in [0, 0.1) is 11.3 Å². The largest absolute Gasteiger partial charge is 0.342 e. The zero-order valence-electron chi connectivity index (χ0n) is 14.7. The molecule has 0 unspecified atom stereocenters. The van der Waals surface area contributed by atoms with Gasteiger partial charge >= 0.3 is 0 Å². The van der Waals surface area contributed by atoms with Crippen molar-refractivity contribution in [2.75, 3.05) is 26.2 Å². The lowest BCUT2D eigenvalue weighted by Crippen LogP contribution is -2.60. The predicted octanol–water partition coefficient (Wildman–Crippen LogP) is 2.12.